The molecule has 5 heteroatoms. The van der Waals surface area contributed by atoms with Crippen LogP contribution in [0.1, 0.15) is 30.0 Å². The molecule has 0 aromatic carbocycles. The summed E-state index contributed by atoms with van der Waals surface area (Å²) in [5, 5.41) is 7.81. The normalized spacial score (nSPS) is 12.9. The molecule has 0 saturated carbocycles. The van der Waals surface area contributed by atoms with Crippen molar-refractivity contribution >= 4 is 0 Å². The van der Waals surface area contributed by atoms with Gasteiger partial charge in [0.2, 0.25) is 0 Å². The van der Waals surface area contributed by atoms with Gasteiger partial charge in [0.1, 0.15) is 5.82 Å². The van der Waals surface area contributed by atoms with Crippen molar-refractivity contribution in [1.29, 1.82) is 0 Å². The number of rotatable bonds is 4. The van der Waals surface area contributed by atoms with Crippen LogP contribution in [0.4, 0.5) is 0 Å². The summed E-state index contributed by atoms with van der Waals surface area (Å²) in [7, 11) is 3.95. The second-order valence-electron chi connectivity index (χ2n) is 4.40. The minimum absolute atomic E-state index is 0.278. The molecule has 2 rings (SSSR count). The van der Waals surface area contributed by atoms with E-state index >= 15 is 0 Å². The zero-order chi connectivity index (χ0) is 12.4. The van der Waals surface area contributed by atoms with Crippen LogP contribution in [-0.4, -0.2) is 19.3 Å². The standard InChI is InChI=1S/C12H19N5/c1-9(11-8-17(4)15-10(11)2)14-7-12-13-5-6-16(12)3/h5-6,8-9,14H,7H2,1-4H3. The molecule has 92 valence electrons. The molecule has 5 nitrogen and oxygen atoms in total. The van der Waals surface area contributed by atoms with Crippen LogP contribution in [0.2, 0.25) is 0 Å². The lowest BCUT2D eigenvalue weighted by molar-refractivity contribution is 0.547. The van der Waals surface area contributed by atoms with Crippen LogP contribution >= 0.6 is 0 Å². The Hall–Kier alpha value is -1.62. The Morgan fingerprint density at radius 3 is 2.71 bits per heavy atom. The Morgan fingerprint density at radius 2 is 2.18 bits per heavy atom. The third-order valence-electron chi connectivity index (χ3n) is 3.01. The van der Waals surface area contributed by atoms with E-state index in [9.17, 15) is 0 Å². The van der Waals surface area contributed by atoms with Crippen LogP contribution in [0.3, 0.4) is 0 Å². The molecule has 0 amide bonds. The molecular weight excluding hydrogens is 214 g/mol. The average molecular weight is 233 g/mol. The molecule has 0 saturated heterocycles. The Balaban J connectivity index is 2.00. The first kappa shape index (κ1) is 11.9. The molecule has 17 heavy (non-hydrogen) atoms. The highest BCUT2D eigenvalue weighted by Crippen LogP contribution is 2.15. The summed E-state index contributed by atoms with van der Waals surface area (Å²) in [6.45, 7) is 4.94. The maximum atomic E-state index is 4.35. The molecule has 2 aromatic rings. The lowest BCUT2D eigenvalue weighted by Crippen LogP contribution is -2.20. The quantitative estimate of drug-likeness (QED) is 0.866. The second-order valence-corrected chi connectivity index (χ2v) is 4.40. The number of aromatic nitrogens is 4. The van der Waals surface area contributed by atoms with E-state index in [0.29, 0.717) is 0 Å². The van der Waals surface area contributed by atoms with Crippen molar-refractivity contribution in [2.24, 2.45) is 14.1 Å². The molecule has 0 radical (unpaired) electrons. The van der Waals surface area contributed by atoms with Gasteiger partial charge in [-0.05, 0) is 13.8 Å². The van der Waals surface area contributed by atoms with Gasteiger partial charge in [-0.25, -0.2) is 4.98 Å². The fourth-order valence-corrected chi connectivity index (χ4v) is 1.96. The van der Waals surface area contributed by atoms with E-state index in [2.05, 4.69) is 28.5 Å². The van der Waals surface area contributed by atoms with Gasteiger partial charge in [-0.15, -0.1) is 0 Å². The van der Waals surface area contributed by atoms with Gasteiger partial charge in [-0.1, -0.05) is 0 Å². The smallest absolute Gasteiger partial charge is 0.122 e. The van der Waals surface area contributed by atoms with E-state index in [1.165, 1.54) is 5.56 Å². The Bertz CT molecular complexity index is 497. The van der Waals surface area contributed by atoms with Gasteiger partial charge in [0, 0.05) is 44.3 Å². The van der Waals surface area contributed by atoms with Crippen molar-refractivity contribution in [2.45, 2.75) is 26.4 Å². The molecule has 1 unspecified atom stereocenters. The summed E-state index contributed by atoms with van der Waals surface area (Å²) in [4.78, 5) is 4.29. The molecule has 0 fully saturated rings. The number of hydrogen-bond donors (Lipinski definition) is 1. The largest absolute Gasteiger partial charge is 0.337 e. The highest BCUT2D eigenvalue weighted by atomic mass is 15.3. The van der Waals surface area contributed by atoms with Crippen LogP contribution in [0.25, 0.3) is 0 Å². The Labute approximate surface area is 101 Å². The number of aryl methyl sites for hydroxylation is 3. The highest BCUT2D eigenvalue weighted by molar-refractivity contribution is 5.19. The Morgan fingerprint density at radius 1 is 1.41 bits per heavy atom. The third kappa shape index (κ3) is 2.55. The predicted octanol–water partition coefficient (Wildman–Crippen LogP) is 1.31. The second kappa shape index (κ2) is 4.71. The lowest BCUT2D eigenvalue weighted by atomic mass is 10.1. The first-order valence-corrected chi connectivity index (χ1v) is 5.77. The topological polar surface area (TPSA) is 47.7 Å². The average Bonchev–Trinajstić information content (AvgIpc) is 2.81. The van der Waals surface area contributed by atoms with Crippen LogP contribution in [-0.2, 0) is 20.6 Å². The van der Waals surface area contributed by atoms with E-state index in [1.54, 1.807) is 0 Å². The van der Waals surface area contributed by atoms with Crippen LogP contribution < -0.4 is 5.32 Å². The van der Waals surface area contributed by atoms with Gasteiger partial charge >= 0.3 is 0 Å². The van der Waals surface area contributed by atoms with E-state index in [0.717, 1.165) is 18.1 Å². The summed E-state index contributed by atoms with van der Waals surface area (Å²) >= 11 is 0. The van der Waals surface area contributed by atoms with Crippen LogP contribution in [0, 0.1) is 6.92 Å². The minimum Gasteiger partial charge on any atom is -0.337 e. The molecular formula is C12H19N5. The monoisotopic (exact) mass is 233 g/mol. The van der Waals surface area contributed by atoms with Gasteiger partial charge in [0.25, 0.3) is 0 Å². The molecule has 2 heterocycles. The van der Waals surface area contributed by atoms with Gasteiger partial charge in [0.15, 0.2) is 0 Å². The molecule has 0 aliphatic rings. The van der Waals surface area contributed by atoms with Crippen molar-refractivity contribution in [3.05, 3.63) is 35.7 Å². The van der Waals surface area contributed by atoms with Crippen molar-refractivity contribution in [3.63, 3.8) is 0 Å². The fraction of sp³-hybridized carbons (Fsp3) is 0.500. The first-order valence-electron chi connectivity index (χ1n) is 5.77. The maximum absolute atomic E-state index is 4.35. The van der Waals surface area contributed by atoms with Gasteiger partial charge in [-0.3, -0.25) is 4.68 Å². The molecule has 1 atom stereocenters. The van der Waals surface area contributed by atoms with E-state index in [4.69, 9.17) is 0 Å². The van der Waals surface area contributed by atoms with Crippen LogP contribution in [0.5, 0.6) is 0 Å². The van der Waals surface area contributed by atoms with E-state index < -0.39 is 0 Å². The Kier molecular flexibility index (Phi) is 3.28. The predicted molar refractivity (Wildman–Crippen MR) is 66.4 cm³/mol. The molecule has 1 N–H and O–H groups in total. The van der Waals surface area contributed by atoms with E-state index in [-0.39, 0.29) is 6.04 Å². The summed E-state index contributed by atoms with van der Waals surface area (Å²) in [6.07, 6.45) is 5.83. The van der Waals surface area contributed by atoms with E-state index in [1.807, 2.05) is 42.7 Å². The molecule has 0 spiro atoms. The van der Waals surface area contributed by atoms with Crippen molar-refractivity contribution in [1.82, 2.24) is 24.6 Å². The van der Waals surface area contributed by atoms with Crippen molar-refractivity contribution < 1.29 is 0 Å². The number of nitrogens with zero attached hydrogens (tertiary/aromatic N) is 4. The van der Waals surface area contributed by atoms with Gasteiger partial charge in [-0.2, -0.15) is 5.10 Å². The summed E-state index contributed by atoms with van der Waals surface area (Å²) in [5.41, 5.74) is 2.31. The number of imidazole rings is 1. The molecule has 2 aromatic heterocycles. The first-order chi connectivity index (χ1) is 8.08. The van der Waals surface area contributed by atoms with Gasteiger partial charge < -0.3 is 9.88 Å². The fourth-order valence-electron chi connectivity index (χ4n) is 1.96. The zero-order valence-corrected chi connectivity index (χ0v) is 10.8. The minimum atomic E-state index is 0.278. The third-order valence-corrected chi connectivity index (χ3v) is 3.01. The maximum Gasteiger partial charge on any atom is 0.122 e. The van der Waals surface area contributed by atoms with Crippen molar-refractivity contribution in [3.8, 4) is 0 Å². The number of nitrogens with one attached hydrogen (secondary N) is 1. The molecule has 0 aliphatic carbocycles. The highest BCUT2D eigenvalue weighted by Gasteiger charge is 2.11. The number of hydrogen-bond acceptors (Lipinski definition) is 3. The zero-order valence-electron chi connectivity index (χ0n) is 10.8. The SMILES string of the molecule is Cc1nn(C)cc1C(C)NCc1nccn1C. The molecule has 0 aliphatic heterocycles. The van der Waals surface area contributed by atoms with Crippen LogP contribution in [0.15, 0.2) is 18.6 Å². The summed E-state index contributed by atoms with van der Waals surface area (Å²) in [6, 6.07) is 0.278. The summed E-state index contributed by atoms with van der Waals surface area (Å²) < 4.78 is 3.87. The molecule has 0 bridgehead atoms. The van der Waals surface area contributed by atoms with Crippen molar-refractivity contribution in [2.75, 3.05) is 0 Å². The summed E-state index contributed by atoms with van der Waals surface area (Å²) in [5.74, 6) is 1.04. The van der Waals surface area contributed by atoms with Gasteiger partial charge in [0.05, 0.1) is 12.2 Å². The lowest BCUT2D eigenvalue weighted by Gasteiger charge is -2.12.